The molecule has 1 aromatic heterocycles. The first kappa shape index (κ1) is 9.79. The van der Waals surface area contributed by atoms with Gasteiger partial charge in [-0.15, -0.1) is 5.10 Å². The Bertz CT molecular complexity index is 435. The van der Waals surface area contributed by atoms with Gasteiger partial charge in [-0.05, 0) is 24.3 Å². The van der Waals surface area contributed by atoms with Crippen LogP contribution in [0.4, 0.5) is 4.39 Å². The molecule has 0 aliphatic carbocycles. The van der Waals surface area contributed by atoms with Crippen LogP contribution in [0.2, 0.25) is 0 Å². The van der Waals surface area contributed by atoms with Crippen molar-refractivity contribution in [2.24, 2.45) is 5.73 Å². The summed E-state index contributed by atoms with van der Waals surface area (Å²) >= 11 is 0. The van der Waals surface area contributed by atoms with Gasteiger partial charge in [-0.25, -0.2) is 9.07 Å². The van der Waals surface area contributed by atoms with Crippen molar-refractivity contribution >= 4 is 0 Å². The van der Waals surface area contributed by atoms with Crippen molar-refractivity contribution in [2.75, 3.05) is 6.54 Å². The second-order valence-corrected chi connectivity index (χ2v) is 3.14. The fourth-order valence-electron chi connectivity index (χ4n) is 1.39. The number of rotatable bonds is 3. The minimum Gasteiger partial charge on any atom is -0.329 e. The van der Waals surface area contributed by atoms with Crippen molar-refractivity contribution < 1.29 is 4.39 Å². The first-order valence-electron chi connectivity index (χ1n) is 4.66. The molecular formula is C10H11FN4. The SMILES string of the molecule is NCCn1nncc1-c1ccc(F)cc1. The van der Waals surface area contributed by atoms with Gasteiger partial charge in [-0.3, -0.25) is 0 Å². The lowest BCUT2D eigenvalue weighted by molar-refractivity contribution is 0.603. The lowest BCUT2D eigenvalue weighted by atomic mass is 10.1. The highest BCUT2D eigenvalue weighted by atomic mass is 19.1. The second-order valence-electron chi connectivity index (χ2n) is 3.14. The number of benzene rings is 1. The van der Waals surface area contributed by atoms with Crippen LogP contribution in [0.3, 0.4) is 0 Å². The highest BCUT2D eigenvalue weighted by Gasteiger charge is 2.05. The highest BCUT2D eigenvalue weighted by Crippen LogP contribution is 2.17. The molecule has 1 heterocycles. The van der Waals surface area contributed by atoms with Crippen molar-refractivity contribution in [1.82, 2.24) is 15.0 Å². The van der Waals surface area contributed by atoms with Gasteiger partial charge in [0.15, 0.2) is 0 Å². The molecule has 2 rings (SSSR count). The normalized spacial score (nSPS) is 10.5. The second kappa shape index (κ2) is 4.18. The molecule has 0 aliphatic rings. The monoisotopic (exact) mass is 206 g/mol. The standard InChI is InChI=1S/C10H11FN4/c11-9-3-1-8(2-4-9)10-7-13-14-15(10)6-5-12/h1-4,7H,5-6,12H2. The van der Waals surface area contributed by atoms with E-state index < -0.39 is 0 Å². The number of halogens is 1. The third-order valence-corrected chi connectivity index (χ3v) is 2.10. The summed E-state index contributed by atoms with van der Waals surface area (Å²) in [5.74, 6) is -0.253. The van der Waals surface area contributed by atoms with Gasteiger partial charge in [0.05, 0.1) is 18.4 Å². The van der Waals surface area contributed by atoms with Gasteiger partial charge in [0.25, 0.3) is 0 Å². The van der Waals surface area contributed by atoms with E-state index in [1.807, 2.05) is 0 Å². The van der Waals surface area contributed by atoms with Gasteiger partial charge < -0.3 is 5.73 Å². The molecule has 0 saturated carbocycles. The van der Waals surface area contributed by atoms with Crippen LogP contribution in [0.15, 0.2) is 30.5 Å². The van der Waals surface area contributed by atoms with E-state index in [4.69, 9.17) is 5.73 Å². The van der Waals surface area contributed by atoms with E-state index in [1.54, 1.807) is 23.0 Å². The molecule has 15 heavy (non-hydrogen) atoms. The minimum absolute atomic E-state index is 0.253. The van der Waals surface area contributed by atoms with E-state index in [-0.39, 0.29) is 5.82 Å². The van der Waals surface area contributed by atoms with Crippen LogP contribution in [-0.4, -0.2) is 21.5 Å². The lowest BCUT2D eigenvalue weighted by Gasteiger charge is -2.03. The average molecular weight is 206 g/mol. The van der Waals surface area contributed by atoms with Crippen molar-refractivity contribution in [2.45, 2.75) is 6.54 Å². The maximum absolute atomic E-state index is 12.7. The van der Waals surface area contributed by atoms with E-state index in [1.165, 1.54) is 12.1 Å². The number of nitrogens with zero attached hydrogens (tertiary/aromatic N) is 3. The quantitative estimate of drug-likeness (QED) is 0.816. The van der Waals surface area contributed by atoms with Crippen LogP contribution in [0, 0.1) is 5.82 Å². The van der Waals surface area contributed by atoms with Crippen LogP contribution in [-0.2, 0) is 6.54 Å². The number of nitrogens with two attached hydrogens (primary N) is 1. The molecule has 4 nitrogen and oxygen atoms in total. The van der Waals surface area contributed by atoms with Gasteiger partial charge in [-0.2, -0.15) is 0 Å². The van der Waals surface area contributed by atoms with Crippen LogP contribution in [0.25, 0.3) is 11.3 Å². The zero-order valence-electron chi connectivity index (χ0n) is 8.10. The Labute approximate surface area is 86.5 Å². The molecule has 0 spiro atoms. The Morgan fingerprint density at radius 3 is 2.67 bits per heavy atom. The van der Waals surface area contributed by atoms with Gasteiger partial charge in [0.2, 0.25) is 0 Å². The summed E-state index contributed by atoms with van der Waals surface area (Å²) in [6, 6.07) is 6.21. The topological polar surface area (TPSA) is 56.7 Å². The largest absolute Gasteiger partial charge is 0.329 e. The minimum atomic E-state index is -0.253. The molecule has 2 aromatic rings. The average Bonchev–Trinajstić information content (AvgIpc) is 2.68. The molecule has 0 radical (unpaired) electrons. The fraction of sp³-hybridized carbons (Fsp3) is 0.200. The molecule has 0 atom stereocenters. The summed E-state index contributed by atoms with van der Waals surface area (Å²) < 4.78 is 14.4. The molecule has 2 N–H and O–H groups in total. The Morgan fingerprint density at radius 2 is 2.00 bits per heavy atom. The van der Waals surface area contributed by atoms with Crippen molar-refractivity contribution in [1.29, 1.82) is 0 Å². The smallest absolute Gasteiger partial charge is 0.123 e. The van der Waals surface area contributed by atoms with Crippen molar-refractivity contribution in [3.8, 4) is 11.3 Å². The third kappa shape index (κ3) is 2.02. The summed E-state index contributed by atoms with van der Waals surface area (Å²) in [4.78, 5) is 0. The van der Waals surface area contributed by atoms with Crippen molar-refractivity contribution in [3.63, 3.8) is 0 Å². The fourth-order valence-corrected chi connectivity index (χ4v) is 1.39. The van der Waals surface area contributed by atoms with Gasteiger partial charge in [-0.1, -0.05) is 5.21 Å². The van der Waals surface area contributed by atoms with Crippen LogP contribution in [0.1, 0.15) is 0 Å². The molecule has 0 saturated heterocycles. The molecule has 0 fully saturated rings. The Balaban J connectivity index is 2.36. The summed E-state index contributed by atoms with van der Waals surface area (Å²) in [6.07, 6.45) is 1.64. The molecule has 1 aromatic carbocycles. The lowest BCUT2D eigenvalue weighted by Crippen LogP contribution is -2.12. The van der Waals surface area contributed by atoms with E-state index in [2.05, 4.69) is 10.3 Å². The van der Waals surface area contributed by atoms with Crippen LogP contribution < -0.4 is 5.73 Å². The van der Waals surface area contributed by atoms with E-state index in [0.717, 1.165) is 11.3 Å². The summed E-state index contributed by atoms with van der Waals surface area (Å²) in [7, 11) is 0. The van der Waals surface area contributed by atoms with Gasteiger partial charge >= 0.3 is 0 Å². The number of hydrogen-bond donors (Lipinski definition) is 1. The Kier molecular flexibility index (Phi) is 2.73. The summed E-state index contributed by atoms with van der Waals surface area (Å²) in [6.45, 7) is 1.10. The molecule has 0 amide bonds. The third-order valence-electron chi connectivity index (χ3n) is 2.10. The Hall–Kier alpha value is -1.75. The Morgan fingerprint density at radius 1 is 1.27 bits per heavy atom. The van der Waals surface area contributed by atoms with E-state index in [0.29, 0.717) is 13.1 Å². The predicted octanol–water partition coefficient (Wildman–Crippen LogP) is 1.04. The molecule has 78 valence electrons. The maximum atomic E-state index is 12.7. The zero-order valence-corrected chi connectivity index (χ0v) is 8.10. The zero-order chi connectivity index (χ0) is 10.7. The number of aromatic nitrogens is 3. The molecule has 0 bridgehead atoms. The first-order chi connectivity index (χ1) is 7.31. The molecule has 0 unspecified atom stereocenters. The maximum Gasteiger partial charge on any atom is 0.123 e. The molecule has 0 aliphatic heterocycles. The highest BCUT2D eigenvalue weighted by molar-refractivity contribution is 5.57. The number of hydrogen-bond acceptors (Lipinski definition) is 3. The van der Waals surface area contributed by atoms with E-state index in [9.17, 15) is 4.39 Å². The van der Waals surface area contributed by atoms with Gasteiger partial charge in [0.1, 0.15) is 5.82 Å². The predicted molar refractivity (Wildman–Crippen MR) is 54.5 cm³/mol. The molecule has 5 heteroatoms. The van der Waals surface area contributed by atoms with E-state index >= 15 is 0 Å². The summed E-state index contributed by atoms with van der Waals surface area (Å²) in [5, 5.41) is 7.70. The van der Waals surface area contributed by atoms with Crippen molar-refractivity contribution in [3.05, 3.63) is 36.3 Å². The van der Waals surface area contributed by atoms with Gasteiger partial charge in [0, 0.05) is 12.1 Å². The van der Waals surface area contributed by atoms with Crippen LogP contribution in [0.5, 0.6) is 0 Å². The molecular weight excluding hydrogens is 195 g/mol. The first-order valence-corrected chi connectivity index (χ1v) is 4.66. The summed E-state index contributed by atoms with van der Waals surface area (Å²) in [5.41, 5.74) is 7.17. The van der Waals surface area contributed by atoms with Crippen LogP contribution >= 0.6 is 0 Å².